The van der Waals surface area contributed by atoms with Crippen LogP contribution >= 0.6 is 0 Å². The van der Waals surface area contributed by atoms with E-state index in [9.17, 15) is 9.59 Å². The van der Waals surface area contributed by atoms with Crippen LogP contribution in [-0.2, 0) is 0 Å². The second-order valence-electron chi connectivity index (χ2n) is 5.53. The molecule has 0 radical (unpaired) electrons. The average Bonchev–Trinajstić information content (AvgIpc) is 2.38. The summed E-state index contributed by atoms with van der Waals surface area (Å²) in [4.78, 5) is 27.7. The Morgan fingerprint density at radius 2 is 1.74 bits per heavy atom. The van der Waals surface area contributed by atoms with Gasteiger partial charge in [0.15, 0.2) is 0 Å². The molecule has 1 heterocycles. The highest BCUT2D eigenvalue weighted by Crippen LogP contribution is 2.34. The molecule has 2 aromatic rings. The molecule has 0 spiro atoms. The van der Waals surface area contributed by atoms with Crippen LogP contribution in [0.1, 0.15) is 38.8 Å². The van der Waals surface area contributed by atoms with Crippen LogP contribution in [-0.4, -0.2) is 9.97 Å². The van der Waals surface area contributed by atoms with Gasteiger partial charge in [0.2, 0.25) is 0 Å². The van der Waals surface area contributed by atoms with Gasteiger partial charge in [-0.3, -0.25) is 9.59 Å². The highest BCUT2D eigenvalue weighted by molar-refractivity contribution is 5.74. The number of H-pyrrole nitrogens is 2. The van der Waals surface area contributed by atoms with Gasteiger partial charge in [0.25, 0.3) is 0 Å². The molecule has 0 aliphatic carbocycles. The van der Waals surface area contributed by atoms with Gasteiger partial charge in [-0.1, -0.05) is 26.8 Å². The maximum absolute atomic E-state index is 11.3. The maximum atomic E-state index is 11.3. The van der Waals surface area contributed by atoms with E-state index in [1.54, 1.807) is 6.07 Å². The molecule has 19 heavy (non-hydrogen) atoms. The van der Waals surface area contributed by atoms with Crippen molar-refractivity contribution in [3.63, 3.8) is 0 Å². The fourth-order valence-electron chi connectivity index (χ4n) is 2.00. The normalized spacial score (nSPS) is 13.7. The Morgan fingerprint density at radius 3 is 2.32 bits per heavy atom. The van der Waals surface area contributed by atoms with E-state index in [2.05, 4.69) is 30.7 Å². The minimum atomic E-state index is -0.645. The molecular formula is C14H19N3O2. The van der Waals surface area contributed by atoms with Crippen LogP contribution in [0.25, 0.3) is 11.0 Å². The molecule has 4 N–H and O–H groups in total. The number of benzene rings is 1. The molecule has 0 saturated heterocycles. The monoisotopic (exact) mass is 261 g/mol. The summed E-state index contributed by atoms with van der Waals surface area (Å²) < 4.78 is 0. The number of aromatic amines is 2. The van der Waals surface area contributed by atoms with Crippen molar-refractivity contribution in [2.75, 3.05) is 0 Å². The Morgan fingerprint density at radius 1 is 1.16 bits per heavy atom. The summed E-state index contributed by atoms with van der Waals surface area (Å²) in [6.07, 6.45) is 0.953. The van der Waals surface area contributed by atoms with Gasteiger partial charge < -0.3 is 15.7 Å². The molecule has 0 aliphatic heterocycles. The second-order valence-corrected chi connectivity index (χ2v) is 5.53. The Balaban J connectivity index is 2.56. The summed E-state index contributed by atoms with van der Waals surface area (Å²) >= 11 is 0. The predicted molar refractivity (Wildman–Crippen MR) is 76.2 cm³/mol. The van der Waals surface area contributed by atoms with Gasteiger partial charge in [0.05, 0.1) is 11.0 Å². The smallest absolute Gasteiger partial charge is 0.314 e. The van der Waals surface area contributed by atoms with Crippen molar-refractivity contribution in [1.82, 2.24) is 9.97 Å². The maximum Gasteiger partial charge on any atom is 0.314 e. The molecule has 5 heteroatoms. The summed E-state index contributed by atoms with van der Waals surface area (Å²) in [5.41, 5.74) is 7.12. The lowest BCUT2D eigenvalue weighted by molar-refractivity contribution is 0.278. The van der Waals surface area contributed by atoms with Crippen molar-refractivity contribution in [1.29, 1.82) is 0 Å². The van der Waals surface area contributed by atoms with Crippen molar-refractivity contribution in [3.05, 3.63) is 44.5 Å². The third kappa shape index (κ3) is 2.46. The van der Waals surface area contributed by atoms with Crippen LogP contribution in [0.15, 0.2) is 27.8 Å². The number of fused-ring (bicyclic) bond motifs is 1. The first-order chi connectivity index (χ1) is 8.85. The van der Waals surface area contributed by atoms with Crippen LogP contribution in [0, 0.1) is 5.41 Å². The third-order valence-corrected chi connectivity index (χ3v) is 3.86. The van der Waals surface area contributed by atoms with E-state index in [0.717, 1.165) is 12.0 Å². The van der Waals surface area contributed by atoms with Crippen molar-refractivity contribution < 1.29 is 0 Å². The van der Waals surface area contributed by atoms with E-state index in [1.807, 2.05) is 12.1 Å². The molecule has 0 saturated carbocycles. The molecule has 102 valence electrons. The number of hydrogen-bond donors (Lipinski definition) is 3. The van der Waals surface area contributed by atoms with E-state index in [1.165, 1.54) is 0 Å². The average molecular weight is 261 g/mol. The second kappa shape index (κ2) is 4.66. The Bertz CT molecular complexity index is 712. The molecule has 0 bridgehead atoms. The highest BCUT2D eigenvalue weighted by Gasteiger charge is 2.25. The third-order valence-electron chi connectivity index (χ3n) is 3.86. The molecule has 1 aromatic carbocycles. The fraction of sp³-hybridized carbons (Fsp3) is 0.429. The minimum Gasteiger partial charge on any atom is -0.324 e. The van der Waals surface area contributed by atoms with Crippen molar-refractivity contribution in [3.8, 4) is 0 Å². The molecule has 0 amide bonds. The molecule has 1 aromatic heterocycles. The standard InChI is InChI=1S/C14H19N3O2/c1-4-14(2,3)11(15)8-5-6-9-10(7-8)17-13(19)12(18)16-9/h5-7,11H,4,15H2,1-3H3,(H,16,18)(H,17,19). The molecule has 1 atom stereocenters. The van der Waals surface area contributed by atoms with Crippen LogP contribution < -0.4 is 16.9 Å². The van der Waals surface area contributed by atoms with Crippen LogP contribution in [0.3, 0.4) is 0 Å². The zero-order valence-corrected chi connectivity index (χ0v) is 11.4. The molecule has 2 rings (SSSR count). The minimum absolute atomic E-state index is 0.0316. The summed E-state index contributed by atoms with van der Waals surface area (Å²) in [5, 5.41) is 0. The molecule has 1 unspecified atom stereocenters. The van der Waals surface area contributed by atoms with Crippen molar-refractivity contribution >= 4 is 11.0 Å². The van der Waals surface area contributed by atoms with Crippen molar-refractivity contribution in [2.24, 2.45) is 11.1 Å². The molecular weight excluding hydrogens is 242 g/mol. The summed E-state index contributed by atoms with van der Waals surface area (Å²) in [7, 11) is 0. The Kier molecular flexibility index (Phi) is 3.32. The molecule has 0 aliphatic rings. The number of aromatic nitrogens is 2. The van der Waals surface area contributed by atoms with Gasteiger partial charge in [0, 0.05) is 6.04 Å². The fourth-order valence-corrected chi connectivity index (χ4v) is 2.00. The number of nitrogens with one attached hydrogen (secondary N) is 2. The van der Waals surface area contributed by atoms with Gasteiger partial charge in [-0.2, -0.15) is 0 Å². The van der Waals surface area contributed by atoms with E-state index < -0.39 is 11.1 Å². The first-order valence-corrected chi connectivity index (χ1v) is 6.37. The molecule has 0 fully saturated rings. The lowest BCUT2D eigenvalue weighted by Crippen LogP contribution is -2.30. The van der Waals surface area contributed by atoms with Crippen LogP contribution in [0.2, 0.25) is 0 Å². The first kappa shape index (κ1) is 13.5. The molecule has 5 nitrogen and oxygen atoms in total. The predicted octanol–water partition coefficient (Wildman–Crippen LogP) is 1.65. The summed E-state index contributed by atoms with van der Waals surface area (Å²) in [6.45, 7) is 6.31. The SMILES string of the molecule is CCC(C)(C)C(N)c1ccc2[nH]c(=O)c(=O)[nH]c2c1. The topological polar surface area (TPSA) is 91.7 Å². The Labute approximate surface area is 110 Å². The number of nitrogens with two attached hydrogens (primary N) is 1. The summed E-state index contributed by atoms with van der Waals surface area (Å²) in [5.74, 6) is 0. The Hall–Kier alpha value is -1.88. The largest absolute Gasteiger partial charge is 0.324 e. The van der Waals surface area contributed by atoms with Crippen LogP contribution in [0.5, 0.6) is 0 Å². The van der Waals surface area contributed by atoms with Gasteiger partial charge in [-0.25, -0.2) is 0 Å². The van der Waals surface area contributed by atoms with E-state index in [-0.39, 0.29) is 11.5 Å². The zero-order chi connectivity index (χ0) is 14.2. The van der Waals surface area contributed by atoms with E-state index in [0.29, 0.717) is 11.0 Å². The highest BCUT2D eigenvalue weighted by atomic mass is 16.2. The van der Waals surface area contributed by atoms with Crippen LogP contribution in [0.4, 0.5) is 0 Å². The lowest BCUT2D eigenvalue weighted by atomic mass is 9.79. The zero-order valence-electron chi connectivity index (χ0n) is 11.4. The van der Waals surface area contributed by atoms with Gasteiger partial charge in [-0.15, -0.1) is 0 Å². The number of rotatable bonds is 3. The van der Waals surface area contributed by atoms with Gasteiger partial charge >= 0.3 is 11.1 Å². The quantitative estimate of drug-likeness (QED) is 0.733. The summed E-state index contributed by atoms with van der Waals surface area (Å²) in [6, 6.07) is 5.36. The van der Waals surface area contributed by atoms with E-state index in [4.69, 9.17) is 5.73 Å². The van der Waals surface area contributed by atoms with E-state index >= 15 is 0 Å². The van der Waals surface area contributed by atoms with Gasteiger partial charge in [0.1, 0.15) is 0 Å². The lowest BCUT2D eigenvalue weighted by Gasteiger charge is -2.30. The van der Waals surface area contributed by atoms with Crippen molar-refractivity contribution in [2.45, 2.75) is 33.2 Å². The number of hydrogen-bond acceptors (Lipinski definition) is 3. The first-order valence-electron chi connectivity index (χ1n) is 6.37. The van der Waals surface area contributed by atoms with Gasteiger partial charge in [-0.05, 0) is 29.5 Å².